The number of aromatic nitrogens is 2. The number of carbonyl (C=O) groups is 1. The number of nitrogens with one attached hydrogen (secondary N) is 2. The van der Waals surface area contributed by atoms with E-state index in [0.717, 1.165) is 29.7 Å². The molecule has 1 saturated heterocycles. The third-order valence-corrected chi connectivity index (χ3v) is 4.55. The van der Waals surface area contributed by atoms with Crippen LogP contribution in [0, 0.1) is 0 Å². The van der Waals surface area contributed by atoms with Crippen LogP contribution in [0.1, 0.15) is 24.7 Å². The van der Waals surface area contributed by atoms with Gasteiger partial charge in [0.15, 0.2) is 0 Å². The lowest BCUT2D eigenvalue weighted by molar-refractivity contribution is 0.205. The number of urea groups is 1. The second kappa shape index (κ2) is 6.17. The van der Waals surface area contributed by atoms with Crippen molar-refractivity contribution >= 4 is 34.4 Å². The molecule has 1 aliphatic heterocycles. The Morgan fingerprint density at radius 3 is 2.96 bits per heavy atom. The van der Waals surface area contributed by atoms with Crippen LogP contribution < -0.4 is 5.32 Å². The maximum atomic E-state index is 12.7. The smallest absolute Gasteiger partial charge is 0.322 e. The number of halogens is 1. The highest BCUT2D eigenvalue weighted by molar-refractivity contribution is 6.30. The molecule has 0 bridgehead atoms. The Morgan fingerprint density at radius 2 is 2.12 bits per heavy atom. The molecule has 0 aliphatic carbocycles. The third-order valence-electron chi connectivity index (χ3n) is 4.31. The molecule has 6 heteroatoms. The molecule has 122 valence electrons. The van der Waals surface area contributed by atoms with Gasteiger partial charge in [0, 0.05) is 17.3 Å². The number of aromatic amines is 1. The fraction of sp³-hybridized carbons (Fsp3) is 0.222. The molecule has 1 fully saturated rings. The summed E-state index contributed by atoms with van der Waals surface area (Å²) in [7, 11) is 0. The van der Waals surface area contributed by atoms with Crippen molar-refractivity contribution in [2.24, 2.45) is 0 Å². The predicted molar refractivity (Wildman–Crippen MR) is 95.2 cm³/mol. The van der Waals surface area contributed by atoms with Gasteiger partial charge < -0.3 is 15.2 Å². The lowest BCUT2D eigenvalue weighted by atomic mass is 10.2. The van der Waals surface area contributed by atoms with Crippen LogP contribution >= 0.6 is 11.6 Å². The summed E-state index contributed by atoms with van der Waals surface area (Å²) in [6, 6.07) is 14.9. The Balaban J connectivity index is 1.56. The van der Waals surface area contributed by atoms with E-state index in [4.69, 9.17) is 11.6 Å². The molecule has 1 aromatic heterocycles. The van der Waals surface area contributed by atoms with Crippen LogP contribution in [0.5, 0.6) is 0 Å². The molecule has 24 heavy (non-hydrogen) atoms. The summed E-state index contributed by atoms with van der Waals surface area (Å²) in [6.45, 7) is 0.716. The van der Waals surface area contributed by atoms with Gasteiger partial charge in [0.05, 0.1) is 17.1 Å². The zero-order chi connectivity index (χ0) is 16.5. The van der Waals surface area contributed by atoms with Crippen LogP contribution in [-0.2, 0) is 0 Å². The normalized spacial score (nSPS) is 17.4. The zero-order valence-corrected chi connectivity index (χ0v) is 13.8. The van der Waals surface area contributed by atoms with Crippen molar-refractivity contribution in [1.82, 2.24) is 14.9 Å². The number of para-hydroxylation sites is 2. The van der Waals surface area contributed by atoms with Crippen molar-refractivity contribution in [2.45, 2.75) is 18.9 Å². The van der Waals surface area contributed by atoms with E-state index in [0.29, 0.717) is 17.3 Å². The van der Waals surface area contributed by atoms with Crippen LogP contribution in [0.15, 0.2) is 48.5 Å². The summed E-state index contributed by atoms with van der Waals surface area (Å²) in [6.07, 6.45) is 1.87. The van der Waals surface area contributed by atoms with Gasteiger partial charge >= 0.3 is 6.03 Å². The SMILES string of the molecule is O=C(Nc1cccc(Cl)c1)N1CCCC1c1nc2ccccc2[nH]1. The maximum absolute atomic E-state index is 12.7. The summed E-state index contributed by atoms with van der Waals surface area (Å²) in [4.78, 5) is 22.5. The fourth-order valence-corrected chi connectivity index (χ4v) is 3.38. The second-order valence-electron chi connectivity index (χ2n) is 5.93. The molecule has 1 aliphatic rings. The van der Waals surface area contributed by atoms with Crippen molar-refractivity contribution in [3.05, 3.63) is 59.4 Å². The number of imidazole rings is 1. The van der Waals surface area contributed by atoms with Crippen molar-refractivity contribution in [2.75, 3.05) is 11.9 Å². The van der Waals surface area contributed by atoms with Crippen LogP contribution in [0.2, 0.25) is 5.02 Å². The number of rotatable bonds is 2. The number of H-pyrrole nitrogens is 1. The first-order valence-electron chi connectivity index (χ1n) is 7.98. The Morgan fingerprint density at radius 1 is 1.25 bits per heavy atom. The molecule has 4 rings (SSSR count). The monoisotopic (exact) mass is 340 g/mol. The van der Waals surface area contributed by atoms with E-state index >= 15 is 0 Å². The Hall–Kier alpha value is -2.53. The molecule has 2 heterocycles. The number of fused-ring (bicyclic) bond motifs is 1. The highest BCUT2D eigenvalue weighted by Crippen LogP contribution is 2.32. The molecule has 2 N–H and O–H groups in total. The number of likely N-dealkylation sites (tertiary alicyclic amines) is 1. The Kier molecular flexibility index (Phi) is 3.86. The molecule has 2 amide bonds. The largest absolute Gasteiger partial charge is 0.340 e. The molecule has 1 atom stereocenters. The van der Waals surface area contributed by atoms with E-state index < -0.39 is 0 Å². The van der Waals surface area contributed by atoms with Gasteiger partial charge in [-0.05, 0) is 43.2 Å². The minimum atomic E-state index is -0.125. The van der Waals surface area contributed by atoms with Crippen LogP contribution in [0.25, 0.3) is 11.0 Å². The number of anilines is 1. The van der Waals surface area contributed by atoms with Crippen molar-refractivity contribution in [1.29, 1.82) is 0 Å². The van der Waals surface area contributed by atoms with Crippen molar-refractivity contribution in [3.8, 4) is 0 Å². The Labute approximate surface area is 144 Å². The minimum absolute atomic E-state index is 0.0309. The quantitative estimate of drug-likeness (QED) is 0.717. The standard InChI is InChI=1S/C18H17ClN4O/c19-12-5-3-6-13(11-12)20-18(24)23-10-4-9-16(23)17-21-14-7-1-2-8-15(14)22-17/h1-3,5-8,11,16H,4,9-10H2,(H,20,24)(H,21,22). The van der Waals surface area contributed by atoms with E-state index in [1.807, 2.05) is 41.3 Å². The number of amides is 2. The maximum Gasteiger partial charge on any atom is 0.322 e. The van der Waals surface area contributed by atoms with E-state index in [2.05, 4.69) is 15.3 Å². The molecule has 5 nitrogen and oxygen atoms in total. The lowest BCUT2D eigenvalue weighted by Gasteiger charge is -2.23. The fourth-order valence-electron chi connectivity index (χ4n) is 3.19. The predicted octanol–water partition coefficient (Wildman–Crippen LogP) is 4.59. The molecular weight excluding hydrogens is 324 g/mol. The summed E-state index contributed by atoms with van der Waals surface area (Å²) in [5.41, 5.74) is 2.62. The molecule has 0 radical (unpaired) electrons. The van der Waals surface area contributed by atoms with Crippen molar-refractivity contribution in [3.63, 3.8) is 0 Å². The van der Waals surface area contributed by atoms with Gasteiger partial charge in [-0.25, -0.2) is 9.78 Å². The van der Waals surface area contributed by atoms with E-state index in [-0.39, 0.29) is 12.1 Å². The first-order chi connectivity index (χ1) is 11.7. The zero-order valence-electron chi connectivity index (χ0n) is 13.0. The minimum Gasteiger partial charge on any atom is -0.340 e. The molecule has 0 saturated carbocycles. The molecule has 2 aromatic carbocycles. The summed E-state index contributed by atoms with van der Waals surface area (Å²) < 4.78 is 0. The summed E-state index contributed by atoms with van der Waals surface area (Å²) in [5.74, 6) is 0.843. The molecular formula is C18H17ClN4O. The number of nitrogens with zero attached hydrogens (tertiary/aromatic N) is 2. The number of carbonyl (C=O) groups excluding carboxylic acids is 1. The first-order valence-corrected chi connectivity index (χ1v) is 8.36. The van der Waals surface area contributed by atoms with Gasteiger partial charge in [0.1, 0.15) is 5.82 Å². The third kappa shape index (κ3) is 2.83. The van der Waals surface area contributed by atoms with Crippen LogP contribution in [0.3, 0.4) is 0 Å². The highest BCUT2D eigenvalue weighted by atomic mass is 35.5. The first kappa shape index (κ1) is 15.0. The van der Waals surface area contributed by atoms with Crippen LogP contribution in [0.4, 0.5) is 10.5 Å². The molecule has 3 aromatic rings. The summed E-state index contributed by atoms with van der Waals surface area (Å²) in [5, 5.41) is 3.52. The van der Waals surface area contributed by atoms with E-state index in [9.17, 15) is 4.79 Å². The molecule has 0 spiro atoms. The highest BCUT2D eigenvalue weighted by Gasteiger charge is 2.32. The second-order valence-corrected chi connectivity index (χ2v) is 6.37. The lowest BCUT2D eigenvalue weighted by Crippen LogP contribution is -2.34. The van der Waals surface area contributed by atoms with Gasteiger partial charge in [-0.3, -0.25) is 0 Å². The van der Waals surface area contributed by atoms with Crippen molar-refractivity contribution < 1.29 is 4.79 Å². The van der Waals surface area contributed by atoms with Gasteiger partial charge in [-0.1, -0.05) is 29.8 Å². The van der Waals surface area contributed by atoms with Gasteiger partial charge in [-0.15, -0.1) is 0 Å². The number of hydrogen-bond donors (Lipinski definition) is 2. The topological polar surface area (TPSA) is 61.0 Å². The number of benzene rings is 2. The van der Waals surface area contributed by atoms with E-state index in [1.165, 1.54) is 0 Å². The van der Waals surface area contributed by atoms with Gasteiger partial charge in [-0.2, -0.15) is 0 Å². The number of hydrogen-bond acceptors (Lipinski definition) is 2. The van der Waals surface area contributed by atoms with E-state index in [1.54, 1.807) is 12.1 Å². The van der Waals surface area contributed by atoms with Gasteiger partial charge in [0.25, 0.3) is 0 Å². The average molecular weight is 341 g/mol. The van der Waals surface area contributed by atoms with Crippen LogP contribution in [-0.4, -0.2) is 27.4 Å². The Bertz CT molecular complexity index is 858. The molecule has 1 unspecified atom stereocenters. The summed E-state index contributed by atoms with van der Waals surface area (Å²) >= 11 is 5.98. The van der Waals surface area contributed by atoms with Gasteiger partial charge in [0.2, 0.25) is 0 Å². The average Bonchev–Trinajstić information content (AvgIpc) is 3.21.